The number of furan rings is 2. The first kappa shape index (κ1) is 13.2. The summed E-state index contributed by atoms with van der Waals surface area (Å²) in [7, 11) is 0. The van der Waals surface area contributed by atoms with Gasteiger partial charge in [-0.3, -0.25) is 4.79 Å². The van der Waals surface area contributed by atoms with Gasteiger partial charge in [0.2, 0.25) is 5.76 Å². The second-order valence-electron chi connectivity index (χ2n) is 4.76. The summed E-state index contributed by atoms with van der Waals surface area (Å²) in [5.41, 5.74) is 1.25. The standard InChI is InChI=1S/C15H14N2O4/c1-10(7-11-4-6-19-9-11)16-15(18)12-8-14(21-17-12)13-3-2-5-20-13/h2-6,8-10H,7H2,1H3,(H,16,18)/t10-/m1/s1. The lowest BCUT2D eigenvalue weighted by atomic mass is 10.1. The predicted molar refractivity (Wildman–Crippen MR) is 73.5 cm³/mol. The number of nitrogens with zero attached hydrogens (tertiary/aromatic N) is 1. The van der Waals surface area contributed by atoms with Crippen LogP contribution < -0.4 is 5.32 Å². The maximum Gasteiger partial charge on any atom is 0.273 e. The molecule has 1 atom stereocenters. The number of rotatable bonds is 5. The van der Waals surface area contributed by atoms with Crippen LogP contribution in [0.15, 0.2) is 56.4 Å². The van der Waals surface area contributed by atoms with E-state index in [0.717, 1.165) is 5.56 Å². The van der Waals surface area contributed by atoms with E-state index in [1.165, 1.54) is 6.26 Å². The van der Waals surface area contributed by atoms with Crippen LogP contribution in [0, 0.1) is 0 Å². The van der Waals surface area contributed by atoms with Crippen molar-refractivity contribution in [3.05, 3.63) is 54.3 Å². The van der Waals surface area contributed by atoms with Gasteiger partial charge in [0.05, 0.1) is 18.8 Å². The van der Waals surface area contributed by atoms with E-state index in [0.29, 0.717) is 17.9 Å². The number of carbonyl (C=O) groups is 1. The van der Waals surface area contributed by atoms with Gasteiger partial charge >= 0.3 is 0 Å². The number of nitrogens with one attached hydrogen (secondary N) is 1. The van der Waals surface area contributed by atoms with E-state index >= 15 is 0 Å². The number of hydrogen-bond donors (Lipinski definition) is 1. The third-order valence-corrected chi connectivity index (χ3v) is 3.01. The zero-order valence-corrected chi connectivity index (χ0v) is 11.4. The smallest absolute Gasteiger partial charge is 0.273 e. The second-order valence-corrected chi connectivity index (χ2v) is 4.76. The molecule has 3 aromatic rings. The number of carbonyl (C=O) groups excluding carboxylic acids is 1. The fraction of sp³-hybridized carbons (Fsp3) is 0.200. The van der Waals surface area contributed by atoms with Gasteiger partial charge in [-0.2, -0.15) is 0 Å². The average molecular weight is 286 g/mol. The van der Waals surface area contributed by atoms with Gasteiger partial charge in [0.25, 0.3) is 5.91 Å². The summed E-state index contributed by atoms with van der Waals surface area (Å²) in [6, 6.07) is 6.86. The van der Waals surface area contributed by atoms with E-state index in [2.05, 4.69) is 10.5 Å². The average Bonchev–Trinajstić information content (AvgIpc) is 3.20. The molecule has 0 aliphatic carbocycles. The lowest BCUT2D eigenvalue weighted by molar-refractivity contribution is 0.0931. The highest BCUT2D eigenvalue weighted by molar-refractivity contribution is 5.93. The van der Waals surface area contributed by atoms with Crippen molar-refractivity contribution in [1.82, 2.24) is 10.5 Å². The predicted octanol–water partition coefficient (Wildman–Crippen LogP) is 2.89. The molecule has 0 aliphatic heterocycles. The van der Waals surface area contributed by atoms with E-state index in [4.69, 9.17) is 13.4 Å². The van der Waals surface area contributed by atoms with Gasteiger partial charge in [0.1, 0.15) is 0 Å². The van der Waals surface area contributed by atoms with E-state index in [9.17, 15) is 4.79 Å². The second kappa shape index (κ2) is 5.70. The van der Waals surface area contributed by atoms with Crippen molar-refractivity contribution in [1.29, 1.82) is 0 Å². The van der Waals surface area contributed by atoms with Crippen LogP contribution in [0.1, 0.15) is 23.0 Å². The Labute approximate surface area is 120 Å². The van der Waals surface area contributed by atoms with Crippen LogP contribution in [0.2, 0.25) is 0 Å². The first-order valence-corrected chi connectivity index (χ1v) is 6.55. The molecule has 21 heavy (non-hydrogen) atoms. The topological polar surface area (TPSA) is 81.4 Å². The minimum atomic E-state index is -0.285. The van der Waals surface area contributed by atoms with E-state index in [1.54, 1.807) is 30.7 Å². The molecule has 0 saturated heterocycles. The third kappa shape index (κ3) is 3.05. The normalized spacial score (nSPS) is 12.2. The maximum absolute atomic E-state index is 12.1. The third-order valence-electron chi connectivity index (χ3n) is 3.01. The highest BCUT2D eigenvalue weighted by atomic mass is 16.5. The fourth-order valence-electron chi connectivity index (χ4n) is 2.03. The summed E-state index contributed by atoms with van der Waals surface area (Å²) in [4.78, 5) is 12.1. The van der Waals surface area contributed by atoms with Crippen molar-refractivity contribution in [3.8, 4) is 11.5 Å². The molecule has 0 aromatic carbocycles. The first-order valence-electron chi connectivity index (χ1n) is 6.55. The van der Waals surface area contributed by atoms with Crippen LogP contribution in [0.5, 0.6) is 0 Å². The molecule has 3 heterocycles. The van der Waals surface area contributed by atoms with Crippen molar-refractivity contribution in [2.24, 2.45) is 0 Å². The highest BCUT2D eigenvalue weighted by Gasteiger charge is 2.17. The van der Waals surface area contributed by atoms with Crippen molar-refractivity contribution < 1.29 is 18.2 Å². The van der Waals surface area contributed by atoms with Gasteiger partial charge in [0.15, 0.2) is 11.5 Å². The number of aromatic nitrogens is 1. The summed E-state index contributed by atoms with van der Waals surface area (Å²) in [6.07, 6.45) is 5.49. The summed E-state index contributed by atoms with van der Waals surface area (Å²) >= 11 is 0. The van der Waals surface area contributed by atoms with Gasteiger partial charge in [-0.1, -0.05) is 5.16 Å². The van der Waals surface area contributed by atoms with Crippen LogP contribution in [0.3, 0.4) is 0 Å². The van der Waals surface area contributed by atoms with Crippen molar-refractivity contribution >= 4 is 5.91 Å². The van der Waals surface area contributed by atoms with Gasteiger partial charge in [-0.25, -0.2) is 0 Å². The van der Waals surface area contributed by atoms with E-state index in [1.807, 2.05) is 13.0 Å². The van der Waals surface area contributed by atoms with Crippen LogP contribution in [0.4, 0.5) is 0 Å². The molecule has 0 bridgehead atoms. The Morgan fingerprint density at radius 2 is 2.24 bits per heavy atom. The molecule has 108 valence electrons. The molecule has 0 unspecified atom stereocenters. The minimum absolute atomic E-state index is 0.0427. The Kier molecular flexibility index (Phi) is 3.59. The Balaban J connectivity index is 1.63. The van der Waals surface area contributed by atoms with Crippen LogP contribution in [-0.2, 0) is 6.42 Å². The molecule has 1 N–H and O–H groups in total. The van der Waals surface area contributed by atoms with Gasteiger partial charge in [0, 0.05) is 12.1 Å². The molecule has 6 nitrogen and oxygen atoms in total. The van der Waals surface area contributed by atoms with Gasteiger partial charge < -0.3 is 18.7 Å². The van der Waals surface area contributed by atoms with E-state index < -0.39 is 0 Å². The van der Waals surface area contributed by atoms with E-state index in [-0.39, 0.29) is 17.6 Å². The lowest BCUT2D eigenvalue weighted by Crippen LogP contribution is -2.34. The molecular formula is C15H14N2O4. The molecule has 3 aromatic heterocycles. The maximum atomic E-state index is 12.1. The van der Waals surface area contributed by atoms with Crippen LogP contribution >= 0.6 is 0 Å². The molecule has 0 saturated carbocycles. The minimum Gasteiger partial charge on any atom is -0.472 e. The first-order chi connectivity index (χ1) is 10.2. The molecular weight excluding hydrogens is 272 g/mol. The molecule has 0 aliphatic rings. The largest absolute Gasteiger partial charge is 0.472 e. The van der Waals surface area contributed by atoms with Crippen molar-refractivity contribution in [3.63, 3.8) is 0 Å². The fourth-order valence-corrected chi connectivity index (χ4v) is 2.03. The molecule has 1 amide bonds. The zero-order chi connectivity index (χ0) is 14.7. The van der Waals surface area contributed by atoms with Crippen molar-refractivity contribution in [2.45, 2.75) is 19.4 Å². The zero-order valence-electron chi connectivity index (χ0n) is 11.4. The Bertz CT molecular complexity index is 698. The quantitative estimate of drug-likeness (QED) is 0.780. The Morgan fingerprint density at radius 1 is 1.33 bits per heavy atom. The molecule has 0 radical (unpaired) electrons. The van der Waals surface area contributed by atoms with Crippen molar-refractivity contribution in [2.75, 3.05) is 0 Å². The lowest BCUT2D eigenvalue weighted by Gasteiger charge is -2.11. The molecule has 3 rings (SSSR count). The Hall–Kier alpha value is -2.76. The highest BCUT2D eigenvalue weighted by Crippen LogP contribution is 2.20. The summed E-state index contributed by atoms with van der Waals surface area (Å²) in [5, 5.41) is 6.62. The number of amides is 1. The van der Waals surface area contributed by atoms with Gasteiger partial charge in [-0.15, -0.1) is 0 Å². The molecule has 0 spiro atoms. The summed E-state index contributed by atoms with van der Waals surface area (Å²) < 4.78 is 15.3. The Morgan fingerprint density at radius 3 is 2.95 bits per heavy atom. The molecule has 0 fully saturated rings. The molecule has 6 heteroatoms. The SMILES string of the molecule is C[C@H](Cc1ccoc1)NC(=O)c1cc(-c2ccco2)on1. The summed E-state index contributed by atoms with van der Waals surface area (Å²) in [5.74, 6) is 0.674. The van der Waals surface area contributed by atoms with Gasteiger partial charge in [-0.05, 0) is 37.1 Å². The van der Waals surface area contributed by atoms with Crippen LogP contribution in [0.25, 0.3) is 11.5 Å². The number of hydrogen-bond acceptors (Lipinski definition) is 5. The monoisotopic (exact) mass is 286 g/mol. The van der Waals surface area contributed by atoms with Crippen LogP contribution in [-0.4, -0.2) is 17.1 Å². The summed E-state index contributed by atoms with van der Waals surface area (Å²) in [6.45, 7) is 1.92.